The van der Waals surface area contributed by atoms with E-state index in [1.165, 1.54) is 0 Å². The van der Waals surface area contributed by atoms with E-state index in [9.17, 15) is 4.79 Å². The van der Waals surface area contributed by atoms with Crippen LogP contribution >= 0.6 is 11.6 Å². The van der Waals surface area contributed by atoms with Gasteiger partial charge in [0.15, 0.2) is 11.5 Å². The number of nitrogens with zero attached hydrogens (tertiary/aromatic N) is 6. The average Bonchev–Trinajstić information content (AvgIpc) is 3.31. The van der Waals surface area contributed by atoms with Crippen LogP contribution in [-0.4, -0.2) is 83.1 Å². The first kappa shape index (κ1) is 23.0. The number of nitrogens with one attached hydrogen (secondary N) is 1. The van der Waals surface area contributed by atoms with Crippen molar-refractivity contribution in [3.05, 3.63) is 41.4 Å². The maximum absolute atomic E-state index is 12.6. The van der Waals surface area contributed by atoms with Crippen LogP contribution in [0.15, 0.2) is 36.4 Å². The van der Waals surface area contributed by atoms with E-state index in [-0.39, 0.29) is 11.8 Å². The number of amides is 1. The van der Waals surface area contributed by atoms with Crippen molar-refractivity contribution in [3.8, 4) is 11.4 Å². The van der Waals surface area contributed by atoms with Crippen LogP contribution in [0.1, 0.15) is 19.3 Å². The van der Waals surface area contributed by atoms with E-state index in [1.54, 1.807) is 4.52 Å². The molecule has 4 heterocycles. The third-order valence-corrected chi connectivity index (χ3v) is 6.85. The minimum absolute atomic E-state index is 0.0582. The van der Waals surface area contributed by atoms with Gasteiger partial charge in [-0.15, -0.1) is 15.3 Å². The number of ether oxygens (including phenoxy) is 1. The van der Waals surface area contributed by atoms with Gasteiger partial charge in [0.1, 0.15) is 5.82 Å². The molecule has 2 saturated heterocycles. The van der Waals surface area contributed by atoms with Crippen molar-refractivity contribution in [2.75, 3.05) is 57.4 Å². The molecule has 10 heteroatoms. The maximum Gasteiger partial charge on any atom is 0.223 e. The third-order valence-electron chi connectivity index (χ3n) is 6.59. The molecule has 1 N–H and O–H groups in total. The number of carbonyl (C=O) groups excluding carboxylic acids is 1. The number of anilines is 1. The van der Waals surface area contributed by atoms with Crippen LogP contribution < -0.4 is 10.2 Å². The summed E-state index contributed by atoms with van der Waals surface area (Å²) in [5, 5.41) is 17.2. The number of aromatic nitrogens is 4. The summed E-state index contributed by atoms with van der Waals surface area (Å²) in [7, 11) is 0. The molecule has 2 aliphatic rings. The zero-order valence-electron chi connectivity index (χ0n) is 19.2. The number of carbonyl (C=O) groups is 1. The minimum Gasteiger partial charge on any atom is -0.379 e. The van der Waals surface area contributed by atoms with Gasteiger partial charge in [-0.25, -0.2) is 0 Å². The predicted molar refractivity (Wildman–Crippen MR) is 131 cm³/mol. The Labute approximate surface area is 204 Å². The second-order valence-electron chi connectivity index (χ2n) is 8.85. The molecule has 34 heavy (non-hydrogen) atoms. The Balaban J connectivity index is 1.14. The van der Waals surface area contributed by atoms with Crippen LogP contribution in [0.4, 0.5) is 5.82 Å². The summed E-state index contributed by atoms with van der Waals surface area (Å²) in [5.74, 6) is 1.78. The summed E-state index contributed by atoms with van der Waals surface area (Å²) in [6.45, 7) is 6.93. The average molecular weight is 484 g/mol. The third kappa shape index (κ3) is 5.32. The van der Waals surface area contributed by atoms with Gasteiger partial charge in [-0.05, 0) is 62.2 Å². The smallest absolute Gasteiger partial charge is 0.223 e. The molecule has 2 fully saturated rings. The Morgan fingerprint density at radius 2 is 1.79 bits per heavy atom. The SMILES string of the molecule is O=C(NCCCN1CCOCC1)C1CCN(c2ccc3nnc(-c4ccc(Cl)cc4)n3n2)CC1. The molecule has 0 radical (unpaired) electrons. The monoisotopic (exact) mass is 483 g/mol. The first-order valence-electron chi connectivity index (χ1n) is 12.0. The number of hydrogen-bond donors (Lipinski definition) is 1. The normalized spacial score (nSPS) is 17.9. The second kappa shape index (κ2) is 10.7. The Kier molecular flexibility index (Phi) is 7.22. The predicted octanol–water partition coefficient (Wildman–Crippen LogP) is 2.50. The maximum atomic E-state index is 12.6. The molecule has 0 atom stereocenters. The van der Waals surface area contributed by atoms with Gasteiger partial charge in [0.25, 0.3) is 0 Å². The van der Waals surface area contributed by atoms with E-state index < -0.39 is 0 Å². The summed E-state index contributed by atoms with van der Waals surface area (Å²) in [5.41, 5.74) is 1.60. The van der Waals surface area contributed by atoms with Crippen LogP contribution in [-0.2, 0) is 9.53 Å². The lowest BCUT2D eigenvalue weighted by atomic mass is 9.96. The van der Waals surface area contributed by atoms with Crippen LogP contribution in [0.25, 0.3) is 17.0 Å². The van der Waals surface area contributed by atoms with Crippen molar-refractivity contribution >= 4 is 29.0 Å². The first-order valence-corrected chi connectivity index (χ1v) is 12.4. The van der Waals surface area contributed by atoms with Crippen LogP contribution in [0.5, 0.6) is 0 Å². The Hall–Kier alpha value is -2.75. The van der Waals surface area contributed by atoms with Gasteiger partial charge in [0, 0.05) is 49.2 Å². The fourth-order valence-electron chi connectivity index (χ4n) is 4.58. The lowest BCUT2D eigenvalue weighted by molar-refractivity contribution is -0.125. The fourth-order valence-corrected chi connectivity index (χ4v) is 4.71. The Morgan fingerprint density at radius 3 is 2.56 bits per heavy atom. The summed E-state index contributed by atoms with van der Waals surface area (Å²) >= 11 is 6.02. The van der Waals surface area contributed by atoms with Gasteiger partial charge in [-0.2, -0.15) is 4.52 Å². The van der Waals surface area contributed by atoms with Gasteiger partial charge in [0.05, 0.1) is 13.2 Å². The molecule has 9 nitrogen and oxygen atoms in total. The molecule has 0 saturated carbocycles. The van der Waals surface area contributed by atoms with Crippen molar-refractivity contribution < 1.29 is 9.53 Å². The standard InChI is InChI=1S/C24H30ClN7O2/c25-20-4-2-18(3-5-20)23-28-27-21-6-7-22(29-32(21)23)31-12-8-19(9-13-31)24(33)26-10-1-11-30-14-16-34-17-15-30/h2-7,19H,1,8-17H2,(H,26,33). The molecule has 2 aromatic heterocycles. The minimum atomic E-state index is 0.0582. The van der Waals surface area contributed by atoms with Crippen LogP contribution in [0.3, 0.4) is 0 Å². The topological polar surface area (TPSA) is 87.9 Å². The number of benzene rings is 1. The van der Waals surface area contributed by atoms with E-state index >= 15 is 0 Å². The molecule has 1 amide bonds. The molecule has 0 bridgehead atoms. The number of halogens is 1. The molecule has 3 aromatic rings. The zero-order chi connectivity index (χ0) is 23.3. The van der Waals surface area contributed by atoms with Crippen molar-refractivity contribution in [2.24, 2.45) is 5.92 Å². The van der Waals surface area contributed by atoms with Crippen molar-refractivity contribution in [2.45, 2.75) is 19.3 Å². The highest BCUT2D eigenvalue weighted by Gasteiger charge is 2.26. The molecule has 0 spiro atoms. The van der Waals surface area contributed by atoms with Crippen LogP contribution in [0.2, 0.25) is 5.02 Å². The molecular weight excluding hydrogens is 454 g/mol. The molecule has 0 aliphatic carbocycles. The largest absolute Gasteiger partial charge is 0.379 e. The highest BCUT2D eigenvalue weighted by molar-refractivity contribution is 6.30. The lowest BCUT2D eigenvalue weighted by Crippen LogP contribution is -2.42. The molecular formula is C24H30ClN7O2. The van der Waals surface area contributed by atoms with Crippen LogP contribution in [0, 0.1) is 5.92 Å². The lowest BCUT2D eigenvalue weighted by Gasteiger charge is -2.32. The van der Waals surface area contributed by atoms with Crippen molar-refractivity contribution in [1.29, 1.82) is 0 Å². The summed E-state index contributed by atoms with van der Waals surface area (Å²) in [6.07, 6.45) is 2.62. The number of morpholine rings is 1. The van der Waals surface area contributed by atoms with Gasteiger partial charge in [0.2, 0.25) is 5.91 Å². The number of piperidine rings is 1. The van der Waals surface area contributed by atoms with E-state index in [0.29, 0.717) is 16.5 Å². The molecule has 2 aliphatic heterocycles. The van der Waals surface area contributed by atoms with Gasteiger partial charge in [-0.1, -0.05) is 11.6 Å². The van der Waals surface area contributed by atoms with E-state index in [2.05, 4.69) is 25.3 Å². The molecule has 1 aromatic carbocycles. The zero-order valence-corrected chi connectivity index (χ0v) is 20.0. The fraction of sp³-hybridized carbons (Fsp3) is 0.500. The summed E-state index contributed by atoms with van der Waals surface area (Å²) in [6, 6.07) is 11.4. The second-order valence-corrected chi connectivity index (χ2v) is 9.29. The van der Waals surface area contributed by atoms with Crippen molar-refractivity contribution in [1.82, 2.24) is 30.0 Å². The van der Waals surface area contributed by atoms with Crippen molar-refractivity contribution in [3.63, 3.8) is 0 Å². The molecule has 0 unspecified atom stereocenters. The number of fused-ring (bicyclic) bond motifs is 1. The highest BCUT2D eigenvalue weighted by Crippen LogP contribution is 2.24. The number of rotatable bonds is 7. The molecule has 5 rings (SSSR count). The van der Waals surface area contributed by atoms with Gasteiger partial charge < -0.3 is 15.0 Å². The summed E-state index contributed by atoms with van der Waals surface area (Å²) in [4.78, 5) is 17.3. The summed E-state index contributed by atoms with van der Waals surface area (Å²) < 4.78 is 7.15. The first-order chi connectivity index (χ1) is 16.7. The Bertz CT molecular complexity index is 1110. The van der Waals surface area contributed by atoms with E-state index in [1.807, 2.05) is 36.4 Å². The Morgan fingerprint density at radius 1 is 1.03 bits per heavy atom. The van der Waals surface area contributed by atoms with Gasteiger partial charge in [-0.3, -0.25) is 9.69 Å². The van der Waals surface area contributed by atoms with Gasteiger partial charge >= 0.3 is 0 Å². The highest BCUT2D eigenvalue weighted by atomic mass is 35.5. The van der Waals surface area contributed by atoms with E-state index in [4.69, 9.17) is 21.4 Å². The quantitative estimate of drug-likeness (QED) is 0.516. The molecule has 180 valence electrons. The number of hydrogen-bond acceptors (Lipinski definition) is 7. The van der Waals surface area contributed by atoms with E-state index in [0.717, 1.165) is 83.1 Å².